The average molecular weight is 301 g/mol. The highest BCUT2D eigenvalue weighted by Crippen LogP contribution is 2.22. The molecule has 5 heteroatoms. The van der Waals surface area contributed by atoms with E-state index >= 15 is 0 Å². The Morgan fingerprint density at radius 1 is 1.00 bits per heavy atom. The third-order valence-electron chi connectivity index (χ3n) is 2.97. The monoisotopic (exact) mass is 300 g/mol. The van der Waals surface area contributed by atoms with Gasteiger partial charge in [-0.15, -0.1) is 0 Å². The molecule has 1 atom stereocenters. The second-order valence-electron chi connectivity index (χ2n) is 4.50. The quantitative estimate of drug-likeness (QED) is 0.908. The molecule has 2 aromatic carbocycles. The van der Waals surface area contributed by atoms with E-state index in [0.29, 0.717) is 0 Å². The molecular formula is C15H12ClF3O. The Labute approximate surface area is 119 Å². The van der Waals surface area contributed by atoms with Crippen LogP contribution in [0.4, 0.5) is 13.2 Å². The summed E-state index contributed by atoms with van der Waals surface area (Å²) in [5.41, 5.74) is 0.357. The van der Waals surface area contributed by atoms with Crippen LogP contribution in [0.3, 0.4) is 0 Å². The molecule has 2 rings (SSSR count). The number of hydrogen-bond acceptors (Lipinski definition) is 1. The molecule has 20 heavy (non-hydrogen) atoms. The molecule has 0 aliphatic rings. The highest BCUT2D eigenvalue weighted by molar-refractivity contribution is 6.31. The Morgan fingerprint density at radius 3 is 2.40 bits per heavy atom. The van der Waals surface area contributed by atoms with E-state index in [1.165, 1.54) is 24.3 Å². The summed E-state index contributed by atoms with van der Waals surface area (Å²) in [5.74, 6) is -1.93. The van der Waals surface area contributed by atoms with Gasteiger partial charge in [0.05, 0.1) is 6.10 Å². The molecule has 106 valence electrons. The first-order valence-corrected chi connectivity index (χ1v) is 6.40. The topological polar surface area (TPSA) is 20.2 Å². The summed E-state index contributed by atoms with van der Waals surface area (Å²) in [7, 11) is 0. The number of rotatable bonds is 4. The predicted molar refractivity (Wildman–Crippen MR) is 71.2 cm³/mol. The van der Waals surface area contributed by atoms with Gasteiger partial charge in [0, 0.05) is 29.5 Å². The largest absolute Gasteiger partial charge is 0.392 e. The van der Waals surface area contributed by atoms with Crippen LogP contribution in [0.5, 0.6) is 0 Å². The van der Waals surface area contributed by atoms with Gasteiger partial charge in [-0.05, 0) is 23.8 Å². The van der Waals surface area contributed by atoms with Gasteiger partial charge in [0.15, 0.2) is 0 Å². The van der Waals surface area contributed by atoms with E-state index in [-0.39, 0.29) is 29.0 Å². The van der Waals surface area contributed by atoms with Gasteiger partial charge in [-0.25, -0.2) is 13.2 Å². The second kappa shape index (κ2) is 6.29. The number of halogens is 4. The molecule has 0 amide bonds. The fourth-order valence-electron chi connectivity index (χ4n) is 1.98. The van der Waals surface area contributed by atoms with Crippen molar-refractivity contribution in [2.45, 2.75) is 18.9 Å². The molecule has 0 fully saturated rings. The zero-order chi connectivity index (χ0) is 14.7. The van der Waals surface area contributed by atoms with Crippen molar-refractivity contribution >= 4 is 11.6 Å². The first-order chi connectivity index (χ1) is 9.47. The van der Waals surface area contributed by atoms with Gasteiger partial charge in [0.1, 0.15) is 17.5 Å². The second-order valence-corrected chi connectivity index (χ2v) is 4.91. The SMILES string of the molecule is OC(Cc1ccc(F)cc1F)Cc1c(F)cccc1Cl. The van der Waals surface area contributed by atoms with Gasteiger partial charge in [0.2, 0.25) is 0 Å². The first-order valence-electron chi connectivity index (χ1n) is 6.02. The summed E-state index contributed by atoms with van der Waals surface area (Å²) in [5, 5.41) is 10.1. The minimum Gasteiger partial charge on any atom is -0.392 e. The van der Waals surface area contributed by atoms with Crippen LogP contribution in [-0.2, 0) is 12.8 Å². The van der Waals surface area contributed by atoms with E-state index in [1.54, 1.807) is 0 Å². The van der Waals surface area contributed by atoms with Crippen molar-refractivity contribution in [1.82, 2.24) is 0 Å². The van der Waals surface area contributed by atoms with Crippen molar-refractivity contribution < 1.29 is 18.3 Å². The maximum atomic E-state index is 13.6. The van der Waals surface area contributed by atoms with Crippen LogP contribution in [0.15, 0.2) is 36.4 Å². The maximum absolute atomic E-state index is 13.6. The van der Waals surface area contributed by atoms with Crippen molar-refractivity contribution in [3.8, 4) is 0 Å². The third-order valence-corrected chi connectivity index (χ3v) is 3.33. The molecule has 0 aliphatic heterocycles. The van der Waals surface area contributed by atoms with Crippen LogP contribution < -0.4 is 0 Å². The summed E-state index contributed by atoms with van der Waals surface area (Å²) < 4.78 is 39.8. The lowest BCUT2D eigenvalue weighted by Gasteiger charge is -2.13. The number of hydrogen-bond donors (Lipinski definition) is 1. The molecule has 0 saturated carbocycles. The van der Waals surface area contributed by atoms with Gasteiger partial charge in [0.25, 0.3) is 0 Å². The summed E-state index contributed by atoms with van der Waals surface area (Å²) in [6.07, 6.45) is -1.09. The molecule has 1 unspecified atom stereocenters. The Morgan fingerprint density at radius 2 is 1.75 bits per heavy atom. The van der Waals surface area contributed by atoms with E-state index in [4.69, 9.17) is 11.6 Å². The number of aliphatic hydroxyl groups excluding tert-OH is 1. The molecule has 0 bridgehead atoms. The Balaban J connectivity index is 2.11. The Hall–Kier alpha value is -1.52. The van der Waals surface area contributed by atoms with E-state index < -0.39 is 23.6 Å². The summed E-state index contributed by atoms with van der Waals surface area (Å²) in [4.78, 5) is 0. The third kappa shape index (κ3) is 3.52. The summed E-state index contributed by atoms with van der Waals surface area (Å²) >= 11 is 5.85. The smallest absolute Gasteiger partial charge is 0.129 e. The summed E-state index contributed by atoms with van der Waals surface area (Å²) in [6.45, 7) is 0. The highest BCUT2D eigenvalue weighted by atomic mass is 35.5. The predicted octanol–water partition coefficient (Wildman–Crippen LogP) is 3.90. The van der Waals surface area contributed by atoms with Gasteiger partial charge in [-0.1, -0.05) is 23.7 Å². The zero-order valence-corrected chi connectivity index (χ0v) is 11.2. The molecule has 0 spiro atoms. The van der Waals surface area contributed by atoms with Crippen LogP contribution in [0.1, 0.15) is 11.1 Å². The molecule has 1 nitrogen and oxygen atoms in total. The Bertz CT molecular complexity index is 596. The van der Waals surface area contributed by atoms with Crippen LogP contribution in [0.25, 0.3) is 0 Å². The van der Waals surface area contributed by atoms with Crippen molar-refractivity contribution in [1.29, 1.82) is 0 Å². The van der Waals surface area contributed by atoms with Gasteiger partial charge < -0.3 is 5.11 Å². The molecule has 0 aliphatic carbocycles. The standard InChI is InChI=1S/C15H12ClF3O/c16-13-2-1-3-14(18)12(13)8-11(20)6-9-4-5-10(17)7-15(9)19/h1-5,7,11,20H,6,8H2. The van der Waals surface area contributed by atoms with Crippen molar-refractivity contribution in [3.63, 3.8) is 0 Å². The van der Waals surface area contributed by atoms with E-state index in [9.17, 15) is 18.3 Å². The van der Waals surface area contributed by atoms with Crippen molar-refractivity contribution in [3.05, 3.63) is 70.0 Å². The molecule has 1 N–H and O–H groups in total. The fourth-order valence-corrected chi connectivity index (χ4v) is 2.22. The number of aliphatic hydroxyl groups is 1. The minimum atomic E-state index is -1.01. The van der Waals surface area contributed by atoms with Gasteiger partial charge in [-0.2, -0.15) is 0 Å². The number of benzene rings is 2. The molecule has 0 radical (unpaired) electrons. The molecule has 0 aromatic heterocycles. The lowest BCUT2D eigenvalue weighted by molar-refractivity contribution is 0.173. The zero-order valence-electron chi connectivity index (χ0n) is 10.4. The van der Waals surface area contributed by atoms with E-state index in [0.717, 1.165) is 12.1 Å². The van der Waals surface area contributed by atoms with Crippen molar-refractivity contribution in [2.24, 2.45) is 0 Å². The van der Waals surface area contributed by atoms with Crippen LogP contribution in [-0.4, -0.2) is 11.2 Å². The molecule has 2 aromatic rings. The Kier molecular flexibility index (Phi) is 4.68. The minimum absolute atomic E-state index is 0.0394. The first kappa shape index (κ1) is 14.9. The molecule has 0 heterocycles. The fraction of sp³-hybridized carbons (Fsp3) is 0.200. The highest BCUT2D eigenvalue weighted by Gasteiger charge is 2.15. The van der Waals surface area contributed by atoms with Crippen LogP contribution >= 0.6 is 11.6 Å². The van der Waals surface area contributed by atoms with Crippen LogP contribution in [0, 0.1) is 17.5 Å². The normalized spacial score (nSPS) is 12.4. The van der Waals surface area contributed by atoms with E-state index in [2.05, 4.69) is 0 Å². The van der Waals surface area contributed by atoms with Crippen molar-refractivity contribution in [2.75, 3.05) is 0 Å². The van der Waals surface area contributed by atoms with E-state index in [1.807, 2.05) is 0 Å². The van der Waals surface area contributed by atoms with Gasteiger partial charge >= 0.3 is 0 Å². The maximum Gasteiger partial charge on any atom is 0.129 e. The average Bonchev–Trinajstić information content (AvgIpc) is 2.37. The lowest BCUT2D eigenvalue weighted by Crippen LogP contribution is -2.16. The molecule has 0 saturated heterocycles. The van der Waals surface area contributed by atoms with Crippen LogP contribution in [0.2, 0.25) is 5.02 Å². The summed E-state index contributed by atoms with van der Waals surface area (Å²) in [6, 6.07) is 7.35. The lowest BCUT2D eigenvalue weighted by atomic mass is 10.0. The molecular weight excluding hydrogens is 289 g/mol. The van der Waals surface area contributed by atoms with Gasteiger partial charge in [-0.3, -0.25) is 0 Å².